The molecule has 0 aliphatic carbocycles. The van der Waals surface area contributed by atoms with Crippen molar-refractivity contribution in [2.75, 3.05) is 0 Å². The molecule has 5 heteroatoms. The number of thiazole rings is 1. The lowest BCUT2D eigenvalue weighted by molar-refractivity contribution is 0.173. The van der Waals surface area contributed by atoms with E-state index in [9.17, 15) is 5.11 Å². The number of aryl methyl sites for hydroxylation is 1. The first-order valence-electron chi connectivity index (χ1n) is 7.25. The van der Waals surface area contributed by atoms with Crippen LogP contribution in [0.15, 0.2) is 17.6 Å². The Morgan fingerprint density at radius 3 is 2.65 bits per heavy atom. The summed E-state index contributed by atoms with van der Waals surface area (Å²) < 4.78 is 2.02. The summed E-state index contributed by atoms with van der Waals surface area (Å²) in [4.78, 5) is 4.39. The molecule has 0 aliphatic heterocycles. The first-order chi connectivity index (χ1) is 9.62. The van der Waals surface area contributed by atoms with Crippen molar-refractivity contribution in [3.63, 3.8) is 0 Å². The van der Waals surface area contributed by atoms with Crippen LogP contribution in [0.2, 0.25) is 0 Å². The van der Waals surface area contributed by atoms with Gasteiger partial charge < -0.3 is 5.11 Å². The largest absolute Gasteiger partial charge is 0.392 e. The van der Waals surface area contributed by atoms with Crippen molar-refractivity contribution in [2.24, 2.45) is 0 Å². The summed E-state index contributed by atoms with van der Waals surface area (Å²) in [6.45, 7) is 6.33. The summed E-state index contributed by atoms with van der Waals surface area (Å²) in [7, 11) is 0. The Hall–Kier alpha value is -1.20. The second-order valence-corrected chi connectivity index (χ2v) is 6.14. The highest BCUT2D eigenvalue weighted by atomic mass is 32.1. The molecule has 1 atom stereocenters. The molecule has 0 fully saturated rings. The monoisotopic (exact) mass is 293 g/mol. The van der Waals surface area contributed by atoms with E-state index in [0.717, 1.165) is 29.2 Å². The Bertz CT molecular complexity index is 531. The van der Waals surface area contributed by atoms with Crippen LogP contribution in [0.4, 0.5) is 0 Å². The van der Waals surface area contributed by atoms with Gasteiger partial charge in [0.05, 0.1) is 22.8 Å². The Morgan fingerprint density at radius 1 is 1.30 bits per heavy atom. The first-order valence-corrected chi connectivity index (χ1v) is 8.13. The highest BCUT2D eigenvalue weighted by molar-refractivity contribution is 7.09. The van der Waals surface area contributed by atoms with Crippen LogP contribution in [-0.4, -0.2) is 26.0 Å². The van der Waals surface area contributed by atoms with Crippen molar-refractivity contribution in [3.8, 4) is 0 Å². The molecular weight excluding hydrogens is 270 g/mol. The van der Waals surface area contributed by atoms with Gasteiger partial charge in [0.1, 0.15) is 0 Å². The third-order valence-corrected chi connectivity index (χ3v) is 4.49. The molecule has 110 valence electrons. The molecule has 2 aromatic rings. The fraction of sp³-hybridized carbons (Fsp3) is 0.600. The van der Waals surface area contributed by atoms with Gasteiger partial charge in [-0.1, -0.05) is 13.8 Å². The normalized spacial score (nSPS) is 13.1. The molecule has 0 radical (unpaired) electrons. The lowest BCUT2D eigenvalue weighted by Gasteiger charge is -2.12. The maximum atomic E-state index is 10.1. The fourth-order valence-electron chi connectivity index (χ4n) is 2.36. The Morgan fingerprint density at radius 2 is 2.05 bits per heavy atom. The Kier molecular flexibility index (Phi) is 5.31. The van der Waals surface area contributed by atoms with Gasteiger partial charge >= 0.3 is 0 Å². The highest BCUT2D eigenvalue weighted by Crippen LogP contribution is 2.16. The van der Waals surface area contributed by atoms with E-state index in [1.165, 1.54) is 0 Å². The lowest BCUT2D eigenvalue weighted by atomic mass is 10.1. The standard InChI is InChI=1S/C15H23N3OS/c1-4-13(5-2)18-7-6-12(17-18)8-14(19)9-15-16-11(3)10-20-15/h6-7,10,13-14,19H,4-5,8-9H2,1-3H3. The second-order valence-electron chi connectivity index (χ2n) is 5.20. The van der Waals surface area contributed by atoms with E-state index in [-0.39, 0.29) is 0 Å². The minimum Gasteiger partial charge on any atom is -0.392 e. The topological polar surface area (TPSA) is 50.9 Å². The molecule has 2 heterocycles. The summed E-state index contributed by atoms with van der Waals surface area (Å²) in [5.41, 5.74) is 1.98. The molecule has 0 bridgehead atoms. The lowest BCUT2D eigenvalue weighted by Crippen LogP contribution is -2.15. The Labute approximate surface area is 124 Å². The van der Waals surface area contributed by atoms with Crippen LogP contribution in [0.1, 0.15) is 49.1 Å². The molecule has 0 saturated heterocycles. The van der Waals surface area contributed by atoms with Crippen molar-refractivity contribution < 1.29 is 5.11 Å². The van der Waals surface area contributed by atoms with Gasteiger partial charge in [-0.25, -0.2) is 4.98 Å². The maximum absolute atomic E-state index is 10.1. The second kappa shape index (κ2) is 6.99. The van der Waals surface area contributed by atoms with E-state index in [1.54, 1.807) is 11.3 Å². The summed E-state index contributed by atoms with van der Waals surface area (Å²) in [6.07, 6.45) is 4.97. The quantitative estimate of drug-likeness (QED) is 0.853. The van der Waals surface area contributed by atoms with E-state index >= 15 is 0 Å². The molecule has 4 nitrogen and oxygen atoms in total. The summed E-state index contributed by atoms with van der Waals surface area (Å²) in [6, 6.07) is 2.47. The molecule has 0 amide bonds. The number of aliphatic hydroxyl groups excluding tert-OH is 1. The van der Waals surface area contributed by atoms with Gasteiger partial charge in [-0.2, -0.15) is 5.10 Å². The minimum absolute atomic E-state index is 0.411. The highest BCUT2D eigenvalue weighted by Gasteiger charge is 2.13. The molecule has 20 heavy (non-hydrogen) atoms. The summed E-state index contributed by atoms with van der Waals surface area (Å²) in [5, 5.41) is 17.7. The van der Waals surface area contributed by atoms with Crippen molar-refractivity contribution >= 4 is 11.3 Å². The van der Waals surface area contributed by atoms with Crippen molar-refractivity contribution in [2.45, 2.75) is 58.6 Å². The Balaban J connectivity index is 1.92. The first kappa shape index (κ1) is 15.2. The van der Waals surface area contributed by atoms with Crippen LogP contribution in [0.3, 0.4) is 0 Å². The van der Waals surface area contributed by atoms with Crippen LogP contribution < -0.4 is 0 Å². The number of hydrogen-bond donors (Lipinski definition) is 1. The van der Waals surface area contributed by atoms with Crippen molar-refractivity contribution in [1.82, 2.24) is 14.8 Å². The average molecular weight is 293 g/mol. The van der Waals surface area contributed by atoms with Crippen LogP contribution >= 0.6 is 11.3 Å². The third-order valence-electron chi connectivity index (χ3n) is 3.50. The maximum Gasteiger partial charge on any atom is 0.0954 e. The predicted molar refractivity (Wildman–Crippen MR) is 82.1 cm³/mol. The predicted octanol–water partition coefficient (Wildman–Crippen LogP) is 3.16. The minimum atomic E-state index is -0.411. The van der Waals surface area contributed by atoms with Crippen molar-refractivity contribution in [1.29, 1.82) is 0 Å². The molecule has 0 aromatic carbocycles. The summed E-state index contributed by atoms with van der Waals surface area (Å²) in [5.74, 6) is 0. The van der Waals surface area contributed by atoms with Gasteiger partial charge in [0.15, 0.2) is 0 Å². The van der Waals surface area contributed by atoms with E-state index in [2.05, 4.69) is 23.9 Å². The number of hydrogen-bond acceptors (Lipinski definition) is 4. The average Bonchev–Trinajstić information content (AvgIpc) is 3.01. The SMILES string of the molecule is CCC(CC)n1ccc(CC(O)Cc2nc(C)cs2)n1. The van der Waals surface area contributed by atoms with Gasteiger partial charge in [-0.05, 0) is 25.8 Å². The van der Waals surface area contributed by atoms with Gasteiger partial charge in [-0.3, -0.25) is 4.68 Å². The fourth-order valence-corrected chi connectivity index (χ4v) is 3.21. The zero-order valence-corrected chi connectivity index (χ0v) is 13.2. The molecule has 1 unspecified atom stereocenters. The van der Waals surface area contributed by atoms with Gasteiger partial charge in [0.25, 0.3) is 0 Å². The van der Waals surface area contributed by atoms with E-state index in [4.69, 9.17) is 0 Å². The molecule has 0 saturated carbocycles. The molecule has 2 rings (SSSR count). The summed E-state index contributed by atoms with van der Waals surface area (Å²) >= 11 is 1.61. The van der Waals surface area contributed by atoms with Gasteiger partial charge in [-0.15, -0.1) is 11.3 Å². The van der Waals surface area contributed by atoms with Crippen LogP contribution in [-0.2, 0) is 12.8 Å². The van der Waals surface area contributed by atoms with E-state index in [1.807, 2.05) is 29.2 Å². The zero-order chi connectivity index (χ0) is 14.5. The van der Waals surface area contributed by atoms with E-state index < -0.39 is 6.10 Å². The van der Waals surface area contributed by atoms with Crippen LogP contribution in [0, 0.1) is 6.92 Å². The molecule has 0 aliphatic rings. The molecule has 2 aromatic heterocycles. The van der Waals surface area contributed by atoms with Crippen LogP contribution in [0.25, 0.3) is 0 Å². The zero-order valence-electron chi connectivity index (χ0n) is 12.4. The van der Waals surface area contributed by atoms with Crippen LogP contribution in [0.5, 0.6) is 0 Å². The smallest absolute Gasteiger partial charge is 0.0954 e. The molecule has 0 spiro atoms. The third kappa shape index (κ3) is 3.90. The molecular formula is C15H23N3OS. The van der Waals surface area contributed by atoms with Gasteiger partial charge in [0, 0.05) is 30.1 Å². The number of nitrogens with zero attached hydrogens (tertiary/aromatic N) is 3. The van der Waals surface area contributed by atoms with E-state index in [0.29, 0.717) is 18.9 Å². The van der Waals surface area contributed by atoms with Gasteiger partial charge in [0.2, 0.25) is 0 Å². The number of aliphatic hydroxyl groups is 1. The number of aromatic nitrogens is 3. The number of rotatable bonds is 7. The molecule has 1 N–H and O–H groups in total. The van der Waals surface area contributed by atoms with Crippen molar-refractivity contribution in [3.05, 3.63) is 34.0 Å².